The van der Waals surface area contributed by atoms with Crippen molar-refractivity contribution in [3.8, 4) is 34.1 Å². The van der Waals surface area contributed by atoms with Crippen molar-refractivity contribution in [1.82, 2.24) is 30.8 Å². The van der Waals surface area contributed by atoms with Crippen LogP contribution in [0.2, 0.25) is 0 Å². The molecule has 0 fully saturated rings. The molecule has 0 unspecified atom stereocenters. The van der Waals surface area contributed by atoms with Crippen molar-refractivity contribution in [2.45, 2.75) is 58.7 Å². The van der Waals surface area contributed by atoms with E-state index in [0.717, 1.165) is 16.8 Å². The Morgan fingerprint density at radius 3 is 2.44 bits per heavy atom. The molecule has 0 bridgehead atoms. The molecule has 3 N–H and O–H groups in total. The normalized spacial score (nSPS) is 14.8. The van der Waals surface area contributed by atoms with Crippen molar-refractivity contribution in [3.05, 3.63) is 81.8 Å². The molecule has 0 saturated heterocycles. The number of aryl methyl sites for hydroxylation is 1. The van der Waals surface area contributed by atoms with E-state index < -0.39 is 12.1 Å². The summed E-state index contributed by atoms with van der Waals surface area (Å²) < 4.78 is 18.7. The van der Waals surface area contributed by atoms with E-state index in [4.69, 9.17) is 14.2 Å². The number of amides is 2. The standard InChI is InChI=1S/C35H41N7O6/c1-7-20(2)32(35(45)36-19-30-39-40-41-42(30)23-11-9-8-10-12-23)38-27-16-14-24-25(18-28(27)44)26(37-21(3)43)15-13-22-17-29(46-4)33(47-5)34(48-6)31(22)24/h8-12,14,16-18,20,26,32H,7,13,15,19H2,1-6H3,(H,36,45)(H,37,43)(H,38,44)/t20-,26+,32+/m1/s1. The lowest BCUT2D eigenvalue weighted by atomic mass is 9.95. The minimum atomic E-state index is -0.747. The van der Waals surface area contributed by atoms with Gasteiger partial charge >= 0.3 is 0 Å². The Morgan fingerprint density at radius 1 is 1.02 bits per heavy atom. The van der Waals surface area contributed by atoms with E-state index in [-0.39, 0.29) is 35.4 Å². The lowest BCUT2D eigenvalue weighted by Crippen LogP contribution is -2.44. The summed E-state index contributed by atoms with van der Waals surface area (Å²) in [6, 6.07) is 15.1. The zero-order valence-electron chi connectivity index (χ0n) is 28.0. The number of nitrogens with one attached hydrogen (secondary N) is 3. The SMILES string of the molecule is CC[C@@H](C)[C@H](Nc1ccc2c(cc1=O)[C@@H](NC(C)=O)CCc1cc(OC)c(OC)c(OC)c1-2)C(=O)NCc1nnnn1-c1ccccc1. The van der Waals surface area contributed by atoms with Gasteiger partial charge in [-0.1, -0.05) is 44.5 Å². The van der Waals surface area contributed by atoms with Crippen LogP contribution in [0.1, 0.15) is 56.6 Å². The van der Waals surface area contributed by atoms with Gasteiger partial charge in [0.05, 0.1) is 45.3 Å². The molecule has 13 nitrogen and oxygen atoms in total. The molecule has 2 amide bonds. The number of para-hydroxylation sites is 1. The molecule has 13 heteroatoms. The van der Waals surface area contributed by atoms with E-state index in [2.05, 4.69) is 31.5 Å². The van der Waals surface area contributed by atoms with Gasteiger partial charge in [0.1, 0.15) is 6.04 Å². The Kier molecular flexibility index (Phi) is 10.6. The number of ether oxygens (including phenoxy) is 3. The zero-order chi connectivity index (χ0) is 34.4. The third-order valence-electron chi connectivity index (χ3n) is 8.68. The average molecular weight is 656 g/mol. The van der Waals surface area contributed by atoms with Gasteiger partial charge in [-0.05, 0) is 76.2 Å². The minimum absolute atomic E-state index is 0.0801. The number of hydrogen-bond acceptors (Lipinski definition) is 10. The number of benzene rings is 2. The van der Waals surface area contributed by atoms with E-state index in [1.807, 2.05) is 56.3 Å². The molecule has 1 aromatic heterocycles. The van der Waals surface area contributed by atoms with Crippen LogP contribution in [0, 0.1) is 5.92 Å². The van der Waals surface area contributed by atoms with Gasteiger partial charge in [0.25, 0.3) is 0 Å². The van der Waals surface area contributed by atoms with Gasteiger partial charge in [-0.15, -0.1) is 5.10 Å². The number of rotatable bonds is 12. The van der Waals surface area contributed by atoms with Crippen molar-refractivity contribution in [1.29, 1.82) is 0 Å². The van der Waals surface area contributed by atoms with Crippen LogP contribution in [-0.4, -0.2) is 59.4 Å². The summed E-state index contributed by atoms with van der Waals surface area (Å²) in [5.41, 5.74) is 3.66. The van der Waals surface area contributed by atoms with Gasteiger partial charge in [-0.25, -0.2) is 0 Å². The molecule has 4 aromatic rings. The first kappa shape index (κ1) is 33.9. The molecule has 1 aliphatic rings. The van der Waals surface area contributed by atoms with Gasteiger partial charge in [0.2, 0.25) is 23.0 Å². The second kappa shape index (κ2) is 15.0. The molecule has 48 heavy (non-hydrogen) atoms. The maximum atomic E-state index is 13.9. The van der Waals surface area contributed by atoms with Crippen LogP contribution in [-0.2, 0) is 22.6 Å². The highest BCUT2D eigenvalue weighted by molar-refractivity contribution is 5.86. The predicted octanol–water partition coefficient (Wildman–Crippen LogP) is 3.98. The summed E-state index contributed by atoms with van der Waals surface area (Å²) in [7, 11) is 4.65. The summed E-state index contributed by atoms with van der Waals surface area (Å²) in [5, 5.41) is 21.1. The highest BCUT2D eigenvalue weighted by atomic mass is 16.5. The van der Waals surface area contributed by atoms with E-state index in [1.165, 1.54) is 20.1 Å². The minimum Gasteiger partial charge on any atom is -0.493 e. The molecule has 5 rings (SSSR count). The van der Waals surface area contributed by atoms with Crippen molar-refractivity contribution in [2.75, 3.05) is 26.6 Å². The van der Waals surface area contributed by atoms with Crippen LogP contribution in [0.4, 0.5) is 5.69 Å². The van der Waals surface area contributed by atoms with Crippen LogP contribution < -0.4 is 35.6 Å². The molecule has 1 heterocycles. The summed E-state index contributed by atoms with van der Waals surface area (Å²) in [4.78, 5) is 39.9. The van der Waals surface area contributed by atoms with Crippen LogP contribution in [0.25, 0.3) is 16.8 Å². The smallest absolute Gasteiger partial charge is 0.243 e. The second-order valence-electron chi connectivity index (χ2n) is 11.7. The van der Waals surface area contributed by atoms with Crippen LogP contribution in [0.3, 0.4) is 0 Å². The van der Waals surface area contributed by atoms with E-state index in [0.29, 0.717) is 53.5 Å². The zero-order valence-corrected chi connectivity index (χ0v) is 28.0. The maximum Gasteiger partial charge on any atom is 0.243 e. The predicted molar refractivity (Wildman–Crippen MR) is 181 cm³/mol. The number of tetrazole rings is 1. The summed E-state index contributed by atoms with van der Waals surface area (Å²) in [5.74, 6) is 1.19. The molecule has 1 aliphatic carbocycles. The number of carbonyl (C=O) groups excluding carboxylic acids is 2. The average Bonchev–Trinajstić information content (AvgIpc) is 3.45. The number of anilines is 1. The molecular formula is C35H41N7O6. The van der Waals surface area contributed by atoms with Crippen molar-refractivity contribution in [2.24, 2.45) is 5.92 Å². The third-order valence-corrected chi connectivity index (χ3v) is 8.68. The van der Waals surface area contributed by atoms with Gasteiger partial charge in [0.15, 0.2) is 17.3 Å². The molecule has 0 aliphatic heterocycles. The summed E-state index contributed by atoms with van der Waals surface area (Å²) in [6.07, 6.45) is 1.79. The molecular weight excluding hydrogens is 614 g/mol. The van der Waals surface area contributed by atoms with E-state index in [9.17, 15) is 14.4 Å². The Balaban J connectivity index is 1.53. The Labute approximate surface area is 279 Å². The molecule has 0 radical (unpaired) electrons. The fourth-order valence-corrected chi connectivity index (χ4v) is 6.06. The van der Waals surface area contributed by atoms with Gasteiger partial charge < -0.3 is 30.2 Å². The number of carbonyl (C=O) groups is 2. The topological polar surface area (TPSA) is 159 Å². The highest BCUT2D eigenvalue weighted by Crippen LogP contribution is 2.50. The van der Waals surface area contributed by atoms with Gasteiger partial charge in [0, 0.05) is 12.5 Å². The van der Waals surface area contributed by atoms with Crippen LogP contribution in [0.5, 0.6) is 17.2 Å². The largest absolute Gasteiger partial charge is 0.493 e. The fourth-order valence-electron chi connectivity index (χ4n) is 6.06. The number of aromatic nitrogens is 4. The summed E-state index contributed by atoms with van der Waals surface area (Å²) >= 11 is 0. The fraction of sp³-hybridized carbons (Fsp3) is 0.371. The Bertz CT molecular complexity index is 1850. The number of hydrogen-bond donors (Lipinski definition) is 3. The Hall–Kier alpha value is -5.46. The second-order valence-corrected chi connectivity index (χ2v) is 11.7. The van der Waals surface area contributed by atoms with E-state index >= 15 is 0 Å². The van der Waals surface area contributed by atoms with Crippen LogP contribution in [0.15, 0.2) is 59.4 Å². The molecule has 3 atom stereocenters. The Morgan fingerprint density at radius 2 is 1.77 bits per heavy atom. The lowest BCUT2D eigenvalue weighted by Gasteiger charge is -2.24. The monoisotopic (exact) mass is 655 g/mol. The number of nitrogens with zero attached hydrogens (tertiary/aromatic N) is 4. The van der Waals surface area contributed by atoms with Crippen LogP contribution >= 0.6 is 0 Å². The first-order chi connectivity index (χ1) is 23.2. The lowest BCUT2D eigenvalue weighted by molar-refractivity contribution is -0.123. The van der Waals surface area contributed by atoms with Gasteiger partial charge in [-0.2, -0.15) is 4.68 Å². The number of methoxy groups -OCH3 is 3. The highest BCUT2D eigenvalue weighted by Gasteiger charge is 2.30. The number of fused-ring (bicyclic) bond motifs is 3. The van der Waals surface area contributed by atoms with Crippen molar-refractivity contribution < 1.29 is 23.8 Å². The molecule has 0 saturated carbocycles. The quantitative estimate of drug-likeness (QED) is 0.204. The first-order valence-electron chi connectivity index (χ1n) is 15.8. The third kappa shape index (κ3) is 6.94. The van der Waals surface area contributed by atoms with Crippen molar-refractivity contribution >= 4 is 17.5 Å². The first-order valence-corrected chi connectivity index (χ1v) is 15.8. The molecule has 252 valence electrons. The maximum absolute atomic E-state index is 13.9. The van der Waals surface area contributed by atoms with Gasteiger partial charge in [-0.3, -0.25) is 14.4 Å². The molecule has 0 spiro atoms. The van der Waals surface area contributed by atoms with E-state index in [1.54, 1.807) is 25.0 Å². The molecule has 3 aromatic carbocycles. The summed E-state index contributed by atoms with van der Waals surface area (Å²) in [6.45, 7) is 5.46. The van der Waals surface area contributed by atoms with Crippen molar-refractivity contribution in [3.63, 3.8) is 0 Å².